The van der Waals surface area contributed by atoms with E-state index in [9.17, 15) is 0 Å². The topological polar surface area (TPSA) is 33.3 Å². The quantitative estimate of drug-likeness (QED) is 0.577. The van der Waals surface area contributed by atoms with Gasteiger partial charge in [-0.1, -0.05) is 42.5 Å². The number of fused-ring (bicyclic) bond motifs is 1. The van der Waals surface area contributed by atoms with Gasteiger partial charge >= 0.3 is 0 Å². The highest BCUT2D eigenvalue weighted by molar-refractivity contribution is 7.80. The average molecular weight is 375 g/mol. The zero-order chi connectivity index (χ0) is 18.6. The Hall–Kier alpha value is -2.85. The molecule has 3 aromatic carbocycles. The Morgan fingerprint density at radius 1 is 0.852 bits per heavy atom. The van der Waals surface area contributed by atoms with Crippen LogP contribution in [0, 0.1) is 0 Å². The number of benzene rings is 3. The Bertz CT molecular complexity index is 969. The van der Waals surface area contributed by atoms with Crippen LogP contribution in [-0.2, 0) is 12.8 Å². The van der Waals surface area contributed by atoms with E-state index in [2.05, 4.69) is 53.1 Å². The van der Waals surface area contributed by atoms with Gasteiger partial charge in [0.05, 0.1) is 12.8 Å². The van der Waals surface area contributed by atoms with E-state index in [0.717, 1.165) is 34.7 Å². The molecule has 0 unspecified atom stereocenters. The monoisotopic (exact) mass is 374 g/mol. The molecule has 1 aliphatic carbocycles. The fourth-order valence-electron chi connectivity index (χ4n) is 3.55. The van der Waals surface area contributed by atoms with Crippen molar-refractivity contribution in [1.29, 1.82) is 0 Å². The fourth-order valence-corrected chi connectivity index (χ4v) is 3.78. The van der Waals surface area contributed by atoms with Gasteiger partial charge in [0, 0.05) is 5.69 Å². The third kappa shape index (κ3) is 3.96. The Morgan fingerprint density at radius 2 is 1.67 bits per heavy atom. The second-order valence-electron chi connectivity index (χ2n) is 6.70. The van der Waals surface area contributed by atoms with Crippen molar-refractivity contribution in [1.82, 2.24) is 0 Å². The van der Waals surface area contributed by atoms with Crippen LogP contribution >= 0.6 is 12.2 Å². The molecule has 0 spiro atoms. The third-order valence-corrected chi connectivity index (χ3v) is 5.12. The summed E-state index contributed by atoms with van der Waals surface area (Å²) in [6.45, 7) is 0. The van der Waals surface area contributed by atoms with Gasteiger partial charge in [-0.15, -0.1) is 0 Å². The molecule has 4 rings (SSSR count). The van der Waals surface area contributed by atoms with Gasteiger partial charge in [-0.05, 0) is 78.0 Å². The van der Waals surface area contributed by atoms with Gasteiger partial charge in [0.25, 0.3) is 0 Å². The number of rotatable bonds is 4. The van der Waals surface area contributed by atoms with Crippen LogP contribution in [0.15, 0.2) is 66.7 Å². The fraction of sp³-hybridized carbons (Fsp3) is 0.174. The van der Waals surface area contributed by atoms with Gasteiger partial charge in [-0.2, -0.15) is 0 Å². The lowest BCUT2D eigenvalue weighted by Crippen LogP contribution is -2.19. The maximum absolute atomic E-state index is 5.54. The molecule has 0 fully saturated rings. The van der Waals surface area contributed by atoms with Crippen LogP contribution < -0.4 is 15.4 Å². The van der Waals surface area contributed by atoms with Crippen molar-refractivity contribution in [2.45, 2.75) is 19.3 Å². The SMILES string of the molecule is COc1ccc(-c2ccccc2)cc1NC(=S)Nc1ccc2c(c1)CCC2. The van der Waals surface area contributed by atoms with E-state index in [1.54, 1.807) is 7.11 Å². The molecule has 4 heteroatoms. The van der Waals surface area contributed by atoms with Gasteiger partial charge in [0.1, 0.15) is 5.75 Å². The molecular weight excluding hydrogens is 352 g/mol. The first-order chi connectivity index (χ1) is 13.2. The van der Waals surface area contributed by atoms with Crippen LogP contribution in [0.5, 0.6) is 5.75 Å². The Kier molecular flexibility index (Phi) is 5.07. The summed E-state index contributed by atoms with van der Waals surface area (Å²) in [5.74, 6) is 0.757. The lowest BCUT2D eigenvalue weighted by Gasteiger charge is -2.15. The number of thiocarbonyl (C=S) groups is 1. The van der Waals surface area contributed by atoms with Crippen LogP contribution in [-0.4, -0.2) is 12.2 Å². The number of methoxy groups -OCH3 is 1. The molecule has 0 saturated carbocycles. The third-order valence-electron chi connectivity index (χ3n) is 4.91. The Balaban J connectivity index is 1.53. The summed E-state index contributed by atoms with van der Waals surface area (Å²) < 4.78 is 5.50. The molecule has 0 heterocycles. The summed E-state index contributed by atoms with van der Waals surface area (Å²) in [6, 6.07) is 22.8. The maximum Gasteiger partial charge on any atom is 0.175 e. The summed E-state index contributed by atoms with van der Waals surface area (Å²) in [7, 11) is 1.67. The second-order valence-corrected chi connectivity index (χ2v) is 7.11. The lowest BCUT2D eigenvalue weighted by molar-refractivity contribution is 0.417. The highest BCUT2D eigenvalue weighted by Gasteiger charge is 2.12. The number of ether oxygens (including phenoxy) is 1. The molecule has 3 nitrogen and oxygen atoms in total. The Labute approximate surface area is 165 Å². The van der Waals surface area contributed by atoms with Gasteiger partial charge < -0.3 is 15.4 Å². The highest BCUT2D eigenvalue weighted by Crippen LogP contribution is 2.31. The van der Waals surface area contributed by atoms with E-state index in [4.69, 9.17) is 17.0 Å². The number of nitrogens with one attached hydrogen (secondary N) is 2. The molecule has 0 bridgehead atoms. The summed E-state index contributed by atoms with van der Waals surface area (Å²) in [4.78, 5) is 0. The molecule has 0 atom stereocenters. The van der Waals surface area contributed by atoms with Gasteiger partial charge in [-0.3, -0.25) is 0 Å². The molecular formula is C23H22N2OS. The molecule has 0 aliphatic heterocycles. The molecule has 1 aliphatic rings. The zero-order valence-electron chi connectivity index (χ0n) is 15.3. The summed E-state index contributed by atoms with van der Waals surface area (Å²) in [5, 5.41) is 7.13. The van der Waals surface area contributed by atoms with Crippen LogP contribution in [0.1, 0.15) is 17.5 Å². The van der Waals surface area contributed by atoms with Crippen molar-refractivity contribution in [3.8, 4) is 16.9 Å². The van der Waals surface area contributed by atoms with Crippen LogP contribution in [0.2, 0.25) is 0 Å². The first-order valence-electron chi connectivity index (χ1n) is 9.16. The van der Waals surface area contributed by atoms with Crippen LogP contribution in [0.4, 0.5) is 11.4 Å². The number of anilines is 2. The molecule has 0 saturated heterocycles. The molecule has 136 valence electrons. The van der Waals surface area contributed by atoms with Gasteiger partial charge in [-0.25, -0.2) is 0 Å². The van der Waals surface area contributed by atoms with E-state index in [1.807, 2.05) is 24.3 Å². The minimum atomic E-state index is 0.552. The molecule has 0 aromatic heterocycles. The first kappa shape index (κ1) is 17.6. The van der Waals surface area contributed by atoms with E-state index >= 15 is 0 Å². The molecule has 3 aromatic rings. The number of aryl methyl sites for hydroxylation is 2. The summed E-state index contributed by atoms with van der Waals surface area (Å²) in [5.41, 5.74) is 7.01. The van der Waals surface area contributed by atoms with Crippen molar-refractivity contribution in [3.05, 3.63) is 77.9 Å². The molecule has 2 N–H and O–H groups in total. The molecule has 0 amide bonds. The van der Waals surface area contributed by atoms with E-state index in [-0.39, 0.29) is 0 Å². The highest BCUT2D eigenvalue weighted by atomic mass is 32.1. The standard InChI is InChI=1S/C23H22N2OS/c1-26-22-13-11-19(16-6-3-2-4-7-16)15-21(22)25-23(27)24-20-12-10-17-8-5-9-18(17)14-20/h2-4,6-7,10-15H,5,8-9H2,1H3,(H2,24,25,27). The summed E-state index contributed by atoms with van der Waals surface area (Å²) in [6.07, 6.45) is 3.57. The van der Waals surface area contributed by atoms with Crippen molar-refractivity contribution >= 4 is 28.7 Å². The van der Waals surface area contributed by atoms with Crippen LogP contribution in [0.25, 0.3) is 11.1 Å². The van der Waals surface area contributed by atoms with Crippen LogP contribution in [0.3, 0.4) is 0 Å². The van der Waals surface area contributed by atoms with Crippen molar-refractivity contribution < 1.29 is 4.74 Å². The normalized spacial score (nSPS) is 12.3. The van der Waals surface area contributed by atoms with Gasteiger partial charge in [0.15, 0.2) is 5.11 Å². The first-order valence-corrected chi connectivity index (χ1v) is 9.57. The minimum absolute atomic E-state index is 0.552. The minimum Gasteiger partial charge on any atom is -0.495 e. The predicted molar refractivity (Wildman–Crippen MR) is 117 cm³/mol. The van der Waals surface area contributed by atoms with Crippen molar-refractivity contribution in [3.63, 3.8) is 0 Å². The van der Waals surface area contributed by atoms with E-state index in [1.165, 1.54) is 24.0 Å². The molecule has 27 heavy (non-hydrogen) atoms. The average Bonchev–Trinajstić information content (AvgIpc) is 3.16. The largest absolute Gasteiger partial charge is 0.495 e. The number of hydrogen-bond donors (Lipinski definition) is 2. The Morgan fingerprint density at radius 3 is 2.48 bits per heavy atom. The van der Waals surface area contributed by atoms with Crippen molar-refractivity contribution in [2.75, 3.05) is 17.7 Å². The lowest BCUT2D eigenvalue weighted by atomic mass is 10.0. The number of hydrogen-bond acceptors (Lipinski definition) is 2. The summed E-state index contributed by atoms with van der Waals surface area (Å²) >= 11 is 5.54. The maximum atomic E-state index is 5.54. The van der Waals surface area contributed by atoms with Gasteiger partial charge in [0.2, 0.25) is 0 Å². The smallest absolute Gasteiger partial charge is 0.175 e. The van der Waals surface area contributed by atoms with E-state index in [0.29, 0.717) is 5.11 Å². The van der Waals surface area contributed by atoms with E-state index < -0.39 is 0 Å². The zero-order valence-corrected chi connectivity index (χ0v) is 16.1. The second kappa shape index (κ2) is 7.80. The van der Waals surface area contributed by atoms with Crippen molar-refractivity contribution in [2.24, 2.45) is 0 Å². The predicted octanol–water partition coefficient (Wildman–Crippen LogP) is 5.66. The molecule has 0 radical (unpaired) electrons.